The van der Waals surface area contributed by atoms with Gasteiger partial charge < -0.3 is 0 Å². The largest absolute Gasteiger partial charge is 0.417 e. The molecule has 126 valence electrons. The van der Waals surface area contributed by atoms with Crippen LogP contribution in [0.5, 0.6) is 0 Å². The van der Waals surface area contributed by atoms with Crippen LogP contribution in [0.3, 0.4) is 0 Å². The summed E-state index contributed by atoms with van der Waals surface area (Å²) in [7, 11) is 0. The van der Waals surface area contributed by atoms with Gasteiger partial charge in [0.05, 0.1) is 28.4 Å². The van der Waals surface area contributed by atoms with E-state index in [9.17, 15) is 18.0 Å². The smallest absolute Gasteiger partial charge is 0.267 e. The van der Waals surface area contributed by atoms with Gasteiger partial charge in [0, 0.05) is 6.20 Å². The normalized spacial score (nSPS) is 12.2. The maximum atomic E-state index is 13.0. The van der Waals surface area contributed by atoms with Crippen LogP contribution < -0.4 is 5.36 Å². The molecule has 4 nitrogen and oxygen atoms in total. The summed E-state index contributed by atoms with van der Waals surface area (Å²) in [5, 5.41) is 4.29. The zero-order valence-electron chi connectivity index (χ0n) is 12.8. The highest BCUT2D eigenvalue weighted by Crippen LogP contribution is 2.32. The number of nitrogens with zero attached hydrogens (tertiary/aromatic N) is 3. The van der Waals surface area contributed by atoms with Crippen molar-refractivity contribution in [2.24, 2.45) is 4.99 Å². The van der Waals surface area contributed by atoms with Crippen molar-refractivity contribution >= 4 is 5.91 Å². The molecular formula is C18H12F3N3O. The Morgan fingerprint density at radius 3 is 2.28 bits per heavy atom. The Labute approximate surface area is 140 Å². The van der Waals surface area contributed by atoms with Crippen molar-refractivity contribution < 1.29 is 18.0 Å². The van der Waals surface area contributed by atoms with E-state index >= 15 is 0 Å². The Hall–Kier alpha value is -3.22. The fourth-order valence-electron chi connectivity index (χ4n) is 2.24. The van der Waals surface area contributed by atoms with Crippen molar-refractivity contribution in [2.75, 3.05) is 0 Å². The molecule has 0 spiro atoms. The van der Waals surface area contributed by atoms with E-state index in [2.05, 4.69) is 10.1 Å². The number of para-hydroxylation sites is 1. The summed E-state index contributed by atoms with van der Waals surface area (Å²) >= 11 is 0. The highest BCUT2D eigenvalue weighted by molar-refractivity contribution is 5.96. The molecule has 0 unspecified atom stereocenters. The van der Waals surface area contributed by atoms with E-state index in [1.54, 1.807) is 10.9 Å². The number of benzene rings is 2. The van der Waals surface area contributed by atoms with Crippen LogP contribution in [0.2, 0.25) is 0 Å². The van der Waals surface area contributed by atoms with Crippen LogP contribution in [0, 0.1) is 0 Å². The molecule has 0 radical (unpaired) electrons. The molecule has 0 aliphatic heterocycles. The van der Waals surface area contributed by atoms with Crippen LogP contribution in [-0.2, 0) is 6.18 Å². The maximum absolute atomic E-state index is 13.0. The van der Waals surface area contributed by atoms with Crippen molar-refractivity contribution in [3.8, 4) is 5.69 Å². The Bertz CT molecular complexity index is 943. The third-order valence-corrected chi connectivity index (χ3v) is 3.42. The molecule has 7 heteroatoms. The molecule has 0 saturated heterocycles. The molecule has 0 aliphatic rings. The van der Waals surface area contributed by atoms with Gasteiger partial charge in [-0.15, -0.1) is 0 Å². The SMILES string of the molecule is O=C(N=c1ccn(-c2ccccc2)nc1)c1ccccc1C(F)(F)F. The summed E-state index contributed by atoms with van der Waals surface area (Å²) in [6.45, 7) is 0. The topological polar surface area (TPSA) is 47.2 Å². The number of aromatic nitrogens is 2. The van der Waals surface area contributed by atoms with E-state index in [4.69, 9.17) is 0 Å². The molecular weight excluding hydrogens is 331 g/mol. The van der Waals surface area contributed by atoms with Crippen LogP contribution in [0.1, 0.15) is 15.9 Å². The first-order valence-electron chi connectivity index (χ1n) is 7.31. The average Bonchev–Trinajstić information content (AvgIpc) is 2.62. The zero-order valence-corrected chi connectivity index (χ0v) is 12.8. The highest BCUT2D eigenvalue weighted by atomic mass is 19.4. The molecule has 1 heterocycles. The molecule has 0 bridgehead atoms. The molecule has 3 aromatic rings. The molecule has 1 aromatic heterocycles. The first-order valence-corrected chi connectivity index (χ1v) is 7.31. The first-order chi connectivity index (χ1) is 11.9. The van der Waals surface area contributed by atoms with Crippen molar-refractivity contribution in [3.05, 3.63) is 89.5 Å². The second kappa shape index (κ2) is 6.72. The monoisotopic (exact) mass is 343 g/mol. The molecule has 3 rings (SSSR count). The van der Waals surface area contributed by atoms with E-state index in [1.807, 2.05) is 30.3 Å². The van der Waals surface area contributed by atoms with Gasteiger partial charge in [0.1, 0.15) is 0 Å². The van der Waals surface area contributed by atoms with Crippen LogP contribution in [0.25, 0.3) is 5.69 Å². The van der Waals surface area contributed by atoms with Crippen molar-refractivity contribution in [1.29, 1.82) is 0 Å². The van der Waals surface area contributed by atoms with Gasteiger partial charge in [0.15, 0.2) is 0 Å². The van der Waals surface area contributed by atoms with Crippen molar-refractivity contribution in [2.45, 2.75) is 6.18 Å². The average molecular weight is 343 g/mol. The minimum atomic E-state index is -4.62. The summed E-state index contributed by atoms with van der Waals surface area (Å²) in [4.78, 5) is 15.9. The minimum absolute atomic E-state index is 0.175. The minimum Gasteiger partial charge on any atom is -0.267 e. The zero-order chi connectivity index (χ0) is 17.9. The second-order valence-electron chi connectivity index (χ2n) is 5.13. The van der Waals surface area contributed by atoms with Crippen LogP contribution >= 0.6 is 0 Å². The molecule has 0 saturated carbocycles. The van der Waals surface area contributed by atoms with E-state index in [1.165, 1.54) is 24.4 Å². The number of hydrogen-bond acceptors (Lipinski definition) is 2. The lowest BCUT2D eigenvalue weighted by atomic mass is 10.1. The van der Waals surface area contributed by atoms with Gasteiger partial charge >= 0.3 is 6.18 Å². The van der Waals surface area contributed by atoms with E-state index in [0.29, 0.717) is 0 Å². The number of halogens is 3. The molecule has 2 aromatic carbocycles. The molecule has 25 heavy (non-hydrogen) atoms. The number of alkyl halides is 3. The molecule has 0 atom stereocenters. The summed E-state index contributed by atoms with van der Waals surface area (Å²) in [6.07, 6.45) is -1.72. The van der Waals surface area contributed by atoms with Crippen LogP contribution in [-0.4, -0.2) is 15.7 Å². The van der Waals surface area contributed by atoms with Gasteiger partial charge in [-0.1, -0.05) is 30.3 Å². The maximum Gasteiger partial charge on any atom is 0.417 e. The van der Waals surface area contributed by atoms with E-state index < -0.39 is 23.2 Å². The van der Waals surface area contributed by atoms with E-state index in [-0.39, 0.29) is 5.36 Å². The lowest BCUT2D eigenvalue weighted by molar-refractivity contribution is -0.137. The molecule has 0 aliphatic carbocycles. The molecule has 0 fully saturated rings. The van der Waals surface area contributed by atoms with Crippen LogP contribution in [0.4, 0.5) is 13.2 Å². The van der Waals surface area contributed by atoms with Gasteiger partial charge in [-0.3, -0.25) is 4.79 Å². The third kappa shape index (κ3) is 3.82. The van der Waals surface area contributed by atoms with Gasteiger partial charge in [-0.05, 0) is 30.3 Å². The fraction of sp³-hybridized carbons (Fsp3) is 0.0556. The predicted molar refractivity (Wildman–Crippen MR) is 84.9 cm³/mol. The number of hydrogen-bond donors (Lipinski definition) is 0. The lowest BCUT2D eigenvalue weighted by Crippen LogP contribution is -2.15. The van der Waals surface area contributed by atoms with Gasteiger partial charge in [0.2, 0.25) is 0 Å². The van der Waals surface area contributed by atoms with E-state index in [0.717, 1.165) is 17.8 Å². The number of rotatable bonds is 2. The Kier molecular flexibility index (Phi) is 4.47. The predicted octanol–water partition coefficient (Wildman–Crippen LogP) is 3.63. The lowest BCUT2D eigenvalue weighted by Gasteiger charge is -2.09. The van der Waals surface area contributed by atoms with Gasteiger partial charge in [-0.25, -0.2) is 9.67 Å². The summed E-state index contributed by atoms with van der Waals surface area (Å²) in [5.74, 6) is -0.966. The van der Waals surface area contributed by atoms with Crippen molar-refractivity contribution in [1.82, 2.24) is 9.78 Å². The second-order valence-corrected chi connectivity index (χ2v) is 5.13. The van der Waals surface area contributed by atoms with Crippen LogP contribution in [0.15, 0.2) is 78.0 Å². The summed E-state index contributed by atoms with van der Waals surface area (Å²) in [6, 6.07) is 15.3. The Balaban J connectivity index is 1.93. The molecule has 1 amide bonds. The van der Waals surface area contributed by atoms with Gasteiger partial charge in [-0.2, -0.15) is 18.3 Å². The third-order valence-electron chi connectivity index (χ3n) is 3.42. The van der Waals surface area contributed by atoms with Crippen molar-refractivity contribution in [3.63, 3.8) is 0 Å². The summed E-state index contributed by atoms with van der Waals surface area (Å²) in [5.41, 5.74) is -0.690. The standard InChI is InChI=1S/C18H12F3N3O/c19-18(20,21)16-9-5-4-8-15(16)17(25)23-13-10-11-24(22-12-13)14-6-2-1-3-7-14/h1-12H. The Morgan fingerprint density at radius 1 is 0.960 bits per heavy atom. The number of carbonyl (C=O) groups excluding carboxylic acids is 1. The fourth-order valence-corrected chi connectivity index (χ4v) is 2.24. The first kappa shape index (κ1) is 16.6. The highest BCUT2D eigenvalue weighted by Gasteiger charge is 2.34. The number of carbonyl (C=O) groups is 1. The molecule has 0 N–H and O–H groups in total. The summed E-state index contributed by atoms with van der Waals surface area (Å²) < 4.78 is 40.5. The number of amides is 1. The Morgan fingerprint density at radius 2 is 1.64 bits per heavy atom. The quantitative estimate of drug-likeness (QED) is 0.713. The van der Waals surface area contributed by atoms with Gasteiger partial charge in [0.25, 0.3) is 5.91 Å².